The summed E-state index contributed by atoms with van der Waals surface area (Å²) in [6.45, 7) is 7.01. The molecule has 6 nitrogen and oxygen atoms in total. The molecule has 2 saturated heterocycles. The average Bonchev–Trinajstić information content (AvgIpc) is 4.00. The SMILES string of the molecule is O=C(C1=Cc2cnc(OCC3CC3CN3CCCC(C(=O)c4cc5ccccc5s4)C3)cc2CC1)C1CCCN(CC2CC2)C1. The second kappa shape index (κ2) is 12.7. The number of nitrogens with zero attached hydrogens (tertiary/aromatic N) is 3. The van der Waals surface area contributed by atoms with Crippen molar-refractivity contribution in [2.45, 2.75) is 57.8 Å². The van der Waals surface area contributed by atoms with Gasteiger partial charge in [-0.2, -0.15) is 0 Å². The van der Waals surface area contributed by atoms with Crippen molar-refractivity contribution in [2.24, 2.45) is 29.6 Å². The van der Waals surface area contributed by atoms with Crippen LogP contribution in [0, 0.1) is 29.6 Å². The van der Waals surface area contributed by atoms with Crippen LogP contribution in [0.15, 0.2) is 48.2 Å². The topological polar surface area (TPSA) is 62.7 Å². The zero-order valence-electron chi connectivity index (χ0n) is 26.3. The summed E-state index contributed by atoms with van der Waals surface area (Å²) in [5.41, 5.74) is 3.31. The Morgan fingerprint density at radius 1 is 0.889 bits per heavy atom. The Morgan fingerprint density at radius 2 is 1.67 bits per heavy atom. The smallest absolute Gasteiger partial charge is 0.213 e. The summed E-state index contributed by atoms with van der Waals surface area (Å²) in [7, 11) is 0. The normalized spacial score (nSPS) is 27.2. The fourth-order valence-corrected chi connectivity index (χ4v) is 9.08. The van der Waals surface area contributed by atoms with Gasteiger partial charge < -0.3 is 14.5 Å². The van der Waals surface area contributed by atoms with Crippen molar-refractivity contribution >= 4 is 39.1 Å². The molecule has 3 aliphatic carbocycles. The van der Waals surface area contributed by atoms with E-state index in [1.54, 1.807) is 11.3 Å². The lowest BCUT2D eigenvalue weighted by atomic mass is 9.84. The van der Waals surface area contributed by atoms with Crippen molar-refractivity contribution in [3.63, 3.8) is 0 Å². The molecule has 2 aliphatic heterocycles. The number of pyridine rings is 1. The predicted molar refractivity (Wildman–Crippen MR) is 180 cm³/mol. The van der Waals surface area contributed by atoms with Gasteiger partial charge in [-0.1, -0.05) is 18.2 Å². The number of Topliss-reactive ketones (excluding diaryl/α,β-unsaturated/α-hetero) is 2. The first-order valence-electron chi connectivity index (χ1n) is 17.4. The van der Waals surface area contributed by atoms with E-state index < -0.39 is 0 Å². The number of thiophene rings is 1. The monoisotopic (exact) mass is 623 g/mol. The molecule has 5 aliphatic rings. The summed E-state index contributed by atoms with van der Waals surface area (Å²) in [6, 6.07) is 12.5. The maximum Gasteiger partial charge on any atom is 0.213 e. The van der Waals surface area contributed by atoms with Crippen LogP contribution in [0.4, 0.5) is 0 Å². The molecule has 7 heteroatoms. The molecule has 0 spiro atoms. The van der Waals surface area contributed by atoms with Crippen LogP contribution >= 0.6 is 11.3 Å². The molecular formula is C38H45N3O3S. The molecule has 4 fully saturated rings. The Morgan fingerprint density at radius 3 is 2.47 bits per heavy atom. The number of benzene rings is 1. The lowest BCUT2D eigenvalue weighted by molar-refractivity contribution is -0.120. The first-order chi connectivity index (χ1) is 22.1. The fraction of sp³-hybridized carbons (Fsp3) is 0.553. The van der Waals surface area contributed by atoms with Crippen molar-refractivity contribution in [3.8, 4) is 5.88 Å². The second-order valence-electron chi connectivity index (χ2n) is 14.5. The van der Waals surface area contributed by atoms with Gasteiger partial charge in [-0.05, 0) is 129 Å². The number of piperidine rings is 2. The molecule has 4 unspecified atom stereocenters. The van der Waals surface area contributed by atoms with Crippen molar-refractivity contribution in [1.29, 1.82) is 0 Å². The highest BCUT2D eigenvalue weighted by Gasteiger charge is 2.40. The number of rotatable bonds is 11. The van der Waals surface area contributed by atoms with E-state index in [-0.39, 0.29) is 11.8 Å². The number of aryl methyl sites for hydroxylation is 1. The standard InChI is InChI=1S/C38H45N3O3S/c42-37(29-6-3-13-40(21-29)20-25-9-10-25)28-12-11-26-18-36(39-19-31(26)15-28)44-24-33-16-32(33)23-41-14-4-7-30(22-41)38(43)35-17-27-5-1-2-8-34(27)45-35/h1-2,5,8,15,17-19,25,29-30,32-33H,3-4,6-7,9-14,16,20-24H2. The van der Waals surface area contributed by atoms with Crippen molar-refractivity contribution in [2.75, 3.05) is 45.9 Å². The number of ketones is 2. The van der Waals surface area contributed by atoms with E-state index in [1.807, 2.05) is 18.3 Å². The maximum absolute atomic E-state index is 13.4. The summed E-state index contributed by atoms with van der Waals surface area (Å²) < 4.78 is 7.40. The number of ether oxygens (including phenoxy) is 1. The summed E-state index contributed by atoms with van der Waals surface area (Å²) in [5, 5.41) is 1.18. The van der Waals surface area contributed by atoms with Crippen LogP contribution in [-0.4, -0.2) is 72.2 Å². The number of likely N-dealkylation sites (tertiary alicyclic amines) is 2. The third-order valence-corrected chi connectivity index (χ3v) is 12.1. The largest absolute Gasteiger partial charge is 0.477 e. The van der Waals surface area contributed by atoms with Crippen LogP contribution in [0.3, 0.4) is 0 Å². The number of hydrogen-bond acceptors (Lipinski definition) is 7. The zero-order chi connectivity index (χ0) is 30.3. The lowest BCUT2D eigenvalue weighted by Gasteiger charge is -2.32. The summed E-state index contributed by atoms with van der Waals surface area (Å²) >= 11 is 1.64. The number of allylic oxidation sites excluding steroid dienone is 1. The molecule has 1 aromatic carbocycles. The van der Waals surface area contributed by atoms with Gasteiger partial charge in [0, 0.05) is 55.0 Å². The molecule has 236 valence electrons. The number of hydrogen-bond donors (Lipinski definition) is 0. The van der Waals surface area contributed by atoms with Crippen LogP contribution in [-0.2, 0) is 11.2 Å². The first-order valence-corrected chi connectivity index (χ1v) is 18.2. The van der Waals surface area contributed by atoms with Gasteiger partial charge in [-0.25, -0.2) is 4.98 Å². The molecule has 8 rings (SSSR count). The highest BCUT2D eigenvalue weighted by Crippen LogP contribution is 2.41. The van der Waals surface area contributed by atoms with Crippen LogP contribution in [0.2, 0.25) is 0 Å². The van der Waals surface area contributed by atoms with E-state index >= 15 is 0 Å². The molecule has 4 atom stereocenters. The van der Waals surface area contributed by atoms with Gasteiger partial charge >= 0.3 is 0 Å². The van der Waals surface area contributed by atoms with E-state index in [2.05, 4.69) is 45.1 Å². The quantitative estimate of drug-likeness (QED) is 0.216. The molecule has 0 bridgehead atoms. The minimum Gasteiger partial charge on any atom is -0.477 e. The van der Waals surface area contributed by atoms with Crippen LogP contribution in [0.5, 0.6) is 5.88 Å². The molecule has 2 aromatic heterocycles. The van der Waals surface area contributed by atoms with Gasteiger partial charge in [0.05, 0.1) is 11.5 Å². The molecule has 0 radical (unpaired) electrons. The Labute approximate surface area is 270 Å². The van der Waals surface area contributed by atoms with Gasteiger partial charge in [0.15, 0.2) is 11.6 Å². The molecule has 3 aromatic rings. The van der Waals surface area contributed by atoms with Gasteiger partial charge in [0.25, 0.3) is 0 Å². The molecule has 0 amide bonds. The van der Waals surface area contributed by atoms with Crippen molar-refractivity contribution in [1.82, 2.24) is 14.8 Å². The van der Waals surface area contributed by atoms with Crippen molar-refractivity contribution in [3.05, 3.63) is 64.2 Å². The molecule has 4 heterocycles. The number of carbonyl (C=O) groups excluding carboxylic acids is 2. The van der Waals surface area contributed by atoms with Crippen molar-refractivity contribution < 1.29 is 14.3 Å². The maximum atomic E-state index is 13.4. The Bertz CT molecular complexity index is 1580. The number of carbonyl (C=O) groups is 2. The highest BCUT2D eigenvalue weighted by molar-refractivity contribution is 7.20. The molecule has 0 N–H and O–H groups in total. The third kappa shape index (κ3) is 6.81. The molecular weight excluding hydrogens is 579 g/mol. The Hall–Kier alpha value is -2.87. The summed E-state index contributed by atoms with van der Waals surface area (Å²) in [4.78, 5) is 37.4. The van der Waals surface area contributed by atoms with Gasteiger partial charge in [-0.15, -0.1) is 11.3 Å². The van der Waals surface area contributed by atoms with Gasteiger partial charge in [0.2, 0.25) is 5.88 Å². The van der Waals surface area contributed by atoms with E-state index in [9.17, 15) is 9.59 Å². The fourth-order valence-electron chi connectivity index (χ4n) is 8.00. The number of aromatic nitrogens is 1. The summed E-state index contributed by atoms with van der Waals surface area (Å²) in [6.07, 6.45) is 13.9. The van der Waals surface area contributed by atoms with E-state index in [0.29, 0.717) is 35.9 Å². The summed E-state index contributed by atoms with van der Waals surface area (Å²) in [5.74, 6) is 3.73. The second-order valence-corrected chi connectivity index (χ2v) is 15.6. The third-order valence-electron chi connectivity index (χ3n) is 11.0. The van der Waals surface area contributed by atoms with E-state index in [0.717, 1.165) is 93.2 Å². The Kier molecular flexibility index (Phi) is 8.35. The van der Waals surface area contributed by atoms with Crippen LogP contribution in [0.25, 0.3) is 16.2 Å². The first kappa shape index (κ1) is 29.5. The Balaban J connectivity index is 0.809. The number of fused-ring (bicyclic) bond motifs is 2. The zero-order valence-corrected chi connectivity index (χ0v) is 27.1. The minimum absolute atomic E-state index is 0.106. The van der Waals surface area contributed by atoms with E-state index in [1.165, 1.54) is 41.5 Å². The predicted octanol–water partition coefficient (Wildman–Crippen LogP) is 6.93. The lowest BCUT2D eigenvalue weighted by Crippen LogP contribution is -2.40. The van der Waals surface area contributed by atoms with Gasteiger partial charge in [-0.3, -0.25) is 9.59 Å². The molecule has 45 heavy (non-hydrogen) atoms. The van der Waals surface area contributed by atoms with E-state index in [4.69, 9.17) is 4.74 Å². The average molecular weight is 624 g/mol. The van der Waals surface area contributed by atoms with Crippen LogP contribution in [0.1, 0.15) is 72.2 Å². The van der Waals surface area contributed by atoms with Crippen LogP contribution < -0.4 is 4.74 Å². The molecule has 2 saturated carbocycles. The minimum atomic E-state index is 0.106. The van der Waals surface area contributed by atoms with Gasteiger partial charge in [0.1, 0.15) is 0 Å². The highest BCUT2D eigenvalue weighted by atomic mass is 32.1.